The molecule has 2 aromatic rings. The van der Waals surface area contributed by atoms with Crippen LogP contribution in [0.15, 0.2) is 23.7 Å². The molecule has 0 atom stereocenters. The van der Waals surface area contributed by atoms with E-state index in [2.05, 4.69) is 15.2 Å². The van der Waals surface area contributed by atoms with Crippen molar-refractivity contribution in [1.82, 2.24) is 15.2 Å². The average Bonchev–Trinajstić information content (AvgIpc) is 2.58. The van der Waals surface area contributed by atoms with Gasteiger partial charge in [0.2, 0.25) is 0 Å². The van der Waals surface area contributed by atoms with Crippen LogP contribution in [0.1, 0.15) is 5.82 Å². The lowest BCUT2D eigenvalue weighted by Gasteiger charge is -1.93. The molecule has 0 amide bonds. The molecule has 12 heavy (non-hydrogen) atoms. The summed E-state index contributed by atoms with van der Waals surface area (Å²) in [6.07, 6.45) is 1.74. The topological polar surface area (TPSA) is 38.7 Å². The van der Waals surface area contributed by atoms with E-state index in [9.17, 15) is 0 Å². The lowest BCUT2D eigenvalue weighted by molar-refractivity contribution is 0.915. The summed E-state index contributed by atoms with van der Waals surface area (Å²) in [5.41, 5.74) is 0.843. The molecule has 2 heterocycles. The Kier molecular flexibility index (Phi) is 1.83. The summed E-state index contributed by atoms with van der Waals surface area (Å²) in [7, 11) is 0. The third-order valence-corrected chi connectivity index (χ3v) is 2.34. The molecule has 4 heteroatoms. The van der Waals surface area contributed by atoms with E-state index in [-0.39, 0.29) is 0 Å². The number of aromatic nitrogens is 3. The molecule has 60 valence electrons. The maximum absolute atomic E-state index is 4.07. The third-order valence-electron chi connectivity index (χ3n) is 1.45. The minimum atomic E-state index is 0.704. The molecule has 0 fully saturated rings. The van der Waals surface area contributed by atoms with Crippen LogP contribution in [-0.4, -0.2) is 15.2 Å². The van der Waals surface area contributed by atoms with E-state index in [1.54, 1.807) is 17.5 Å². The summed E-state index contributed by atoms with van der Waals surface area (Å²) < 4.78 is 0. The quantitative estimate of drug-likeness (QED) is 0.667. The highest BCUT2D eigenvalue weighted by Gasteiger charge is 1.99. The van der Waals surface area contributed by atoms with Crippen molar-refractivity contribution in [3.8, 4) is 10.6 Å². The van der Waals surface area contributed by atoms with Gasteiger partial charge in [0.15, 0.2) is 0 Å². The molecule has 0 N–H and O–H groups in total. The van der Waals surface area contributed by atoms with Crippen molar-refractivity contribution in [1.29, 1.82) is 0 Å². The number of thiophene rings is 1. The van der Waals surface area contributed by atoms with Gasteiger partial charge in [0, 0.05) is 0 Å². The largest absolute Gasteiger partial charge is 0.237 e. The zero-order valence-corrected chi connectivity index (χ0v) is 7.38. The first-order valence-electron chi connectivity index (χ1n) is 3.56. The fourth-order valence-electron chi connectivity index (χ4n) is 0.870. The highest BCUT2D eigenvalue weighted by atomic mass is 32.1. The number of hydrogen-bond acceptors (Lipinski definition) is 4. The highest BCUT2D eigenvalue weighted by molar-refractivity contribution is 7.13. The summed E-state index contributed by atoms with van der Waals surface area (Å²) in [6, 6.07) is 3.99. The van der Waals surface area contributed by atoms with Crippen molar-refractivity contribution in [2.24, 2.45) is 0 Å². The van der Waals surface area contributed by atoms with E-state index >= 15 is 0 Å². The molecule has 2 aromatic heterocycles. The van der Waals surface area contributed by atoms with Gasteiger partial charge in [-0.15, -0.1) is 21.5 Å². The lowest BCUT2D eigenvalue weighted by atomic mass is 10.4. The predicted molar refractivity (Wildman–Crippen MR) is 47.9 cm³/mol. The Morgan fingerprint density at radius 1 is 1.33 bits per heavy atom. The Morgan fingerprint density at radius 3 is 2.83 bits per heavy atom. The van der Waals surface area contributed by atoms with Crippen LogP contribution in [0.2, 0.25) is 0 Å². The molecule has 0 saturated heterocycles. The van der Waals surface area contributed by atoms with E-state index in [1.165, 1.54) is 0 Å². The minimum Gasteiger partial charge on any atom is -0.237 e. The van der Waals surface area contributed by atoms with Crippen LogP contribution in [0, 0.1) is 6.92 Å². The van der Waals surface area contributed by atoms with Crippen LogP contribution in [-0.2, 0) is 0 Å². The van der Waals surface area contributed by atoms with Gasteiger partial charge in [0.05, 0.1) is 11.1 Å². The first kappa shape index (κ1) is 7.36. The molecule has 0 bridgehead atoms. The standard InChI is InChI=1S/C8H7N3S/c1-6-9-5-7(11-10-6)8-3-2-4-12-8/h2-5H,1H3. The van der Waals surface area contributed by atoms with Crippen molar-refractivity contribution >= 4 is 11.3 Å². The number of hydrogen-bond donors (Lipinski definition) is 0. The van der Waals surface area contributed by atoms with Crippen molar-refractivity contribution in [3.63, 3.8) is 0 Å². The number of rotatable bonds is 1. The Bertz CT molecular complexity index is 352. The van der Waals surface area contributed by atoms with Gasteiger partial charge in [-0.1, -0.05) is 6.07 Å². The molecular formula is C8H7N3S. The van der Waals surface area contributed by atoms with Gasteiger partial charge in [-0.3, -0.25) is 0 Å². The Morgan fingerprint density at radius 2 is 2.25 bits per heavy atom. The fraction of sp³-hybridized carbons (Fsp3) is 0.125. The van der Waals surface area contributed by atoms with E-state index in [0.29, 0.717) is 5.82 Å². The summed E-state index contributed by atoms with van der Waals surface area (Å²) in [4.78, 5) is 5.17. The van der Waals surface area contributed by atoms with Crippen molar-refractivity contribution < 1.29 is 0 Å². The van der Waals surface area contributed by atoms with Gasteiger partial charge in [0.1, 0.15) is 11.5 Å². The van der Waals surface area contributed by atoms with Crippen LogP contribution in [0.25, 0.3) is 10.6 Å². The van der Waals surface area contributed by atoms with Crippen LogP contribution < -0.4 is 0 Å². The summed E-state index contributed by atoms with van der Waals surface area (Å²) in [5, 5.41) is 9.91. The molecule has 0 spiro atoms. The molecule has 0 aliphatic heterocycles. The van der Waals surface area contributed by atoms with Crippen LogP contribution in [0.3, 0.4) is 0 Å². The fourth-order valence-corrected chi connectivity index (χ4v) is 1.54. The summed E-state index contributed by atoms with van der Waals surface area (Å²) in [5.74, 6) is 0.704. The first-order valence-corrected chi connectivity index (χ1v) is 4.44. The number of nitrogens with zero attached hydrogens (tertiary/aromatic N) is 3. The van der Waals surface area contributed by atoms with E-state index in [0.717, 1.165) is 10.6 Å². The smallest absolute Gasteiger partial charge is 0.147 e. The van der Waals surface area contributed by atoms with Gasteiger partial charge in [-0.05, 0) is 18.4 Å². The Labute approximate surface area is 74.1 Å². The summed E-state index contributed by atoms with van der Waals surface area (Å²) >= 11 is 1.64. The van der Waals surface area contributed by atoms with E-state index in [4.69, 9.17) is 0 Å². The van der Waals surface area contributed by atoms with Gasteiger partial charge in [-0.25, -0.2) is 4.98 Å². The lowest BCUT2D eigenvalue weighted by Crippen LogP contribution is -1.91. The summed E-state index contributed by atoms with van der Waals surface area (Å²) in [6.45, 7) is 1.82. The van der Waals surface area contributed by atoms with Gasteiger partial charge in [0.25, 0.3) is 0 Å². The molecule has 0 unspecified atom stereocenters. The van der Waals surface area contributed by atoms with Gasteiger partial charge in [-0.2, -0.15) is 0 Å². The maximum atomic E-state index is 4.07. The van der Waals surface area contributed by atoms with Crippen LogP contribution >= 0.6 is 11.3 Å². The van der Waals surface area contributed by atoms with Crippen molar-refractivity contribution in [2.45, 2.75) is 6.92 Å². The molecule has 0 radical (unpaired) electrons. The molecule has 2 rings (SSSR count). The second-order valence-electron chi connectivity index (χ2n) is 2.37. The number of aryl methyl sites for hydroxylation is 1. The molecular weight excluding hydrogens is 170 g/mol. The molecule has 3 nitrogen and oxygen atoms in total. The first-order chi connectivity index (χ1) is 5.86. The predicted octanol–water partition coefficient (Wildman–Crippen LogP) is 1.91. The van der Waals surface area contributed by atoms with E-state index < -0.39 is 0 Å². The average molecular weight is 177 g/mol. The zero-order valence-electron chi connectivity index (χ0n) is 6.56. The van der Waals surface area contributed by atoms with Gasteiger partial charge >= 0.3 is 0 Å². The molecule has 0 aliphatic rings. The minimum absolute atomic E-state index is 0.704. The monoisotopic (exact) mass is 177 g/mol. The zero-order chi connectivity index (χ0) is 8.39. The maximum Gasteiger partial charge on any atom is 0.147 e. The highest BCUT2D eigenvalue weighted by Crippen LogP contribution is 2.20. The van der Waals surface area contributed by atoms with Gasteiger partial charge < -0.3 is 0 Å². The molecule has 0 aromatic carbocycles. The van der Waals surface area contributed by atoms with Crippen molar-refractivity contribution in [2.75, 3.05) is 0 Å². The Balaban J connectivity index is 2.43. The Hall–Kier alpha value is -1.29. The normalized spacial score (nSPS) is 10.1. The SMILES string of the molecule is Cc1ncc(-c2cccs2)nn1. The van der Waals surface area contributed by atoms with Crippen LogP contribution in [0.4, 0.5) is 0 Å². The second kappa shape index (κ2) is 2.98. The van der Waals surface area contributed by atoms with Crippen LogP contribution in [0.5, 0.6) is 0 Å². The van der Waals surface area contributed by atoms with E-state index in [1.807, 2.05) is 24.4 Å². The molecule has 0 saturated carbocycles. The third kappa shape index (κ3) is 1.33. The second-order valence-corrected chi connectivity index (χ2v) is 3.32. The molecule has 0 aliphatic carbocycles. The van der Waals surface area contributed by atoms with Crippen molar-refractivity contribution in [3.05, 3.63) is 29.5 Å².